The molecular weight excluding hydrogens is 739 g/mol. The van der Waals surface area contributed by atoms with E-state index in [2.05, 4.69) is 123 Å². The van der Waals surface area contributed by atoms with Gasteiger partial charge in [0.25, 0.3) is 0 Å². The Balaban J connectivity index is 4.56. The Hall–Kier alpha value is -4.27. The van der Waals surface area contributed by atoms with Crippen molar-refractivity contribution in [2.24, 2.45) is 0 Å². The van der Waals surface area contributed by atoms with Crippen molar-refractivity contribution in [3.05, 3.63) is 122 Å². The second kappa shape index (κ2) is 40.5. The molecule has 2 unspecified atom stereocenters. The van der Waals surface area contributed by atoms with Gasteiger partial charge in [0.15, 0.2) is 12.1 Å². The maximum atomic E-state index is 12.7. The average Bonchev–Trinajstić information content (AvgIpc) is 3.19. The van der Waals surface area contributed by atoms with Gasteiger partial charge in [-0.05, 0) is 89.9 Å². The van der Waals surface area contributed by atoms with Crippen LogP contribution < -0.4 is 0 Å². The summed E-state index contributed by atoms with van der Waals surface area (Å²) in [7, 11) is 5.47. The number of nitrogens with zero attached hydrogens (tertiary/aromatic N) is 1. The van der Waals surface area contributed by atoms with Crippen molar-refractivity contribution in [3.63, 3.8) is 0 Å². The zero-order valence-corrected chi connectivity index (χ0v) is 37.4. The van der Waals surface area contributed by atoms with Crippen LogP contribution in [0, 0.1) is 0 Å². The summed E-state index contributed by atoms with van der Waals surface area (Å²) < 4.78 is 17.1. The second-order valence-electron chi connectivity index (χ2n) is 15.2. The summed E-state index contributed by atoms with van der Waals surface area (Å²) in [4.78, 5) is 37.0. The molecule has 0 saturated heterocycles. The first kappa shape index (κ1) is 54.7. The molecule has 0 fully saturated rings. The van der Waals surface area contributed by atoms with E-state index in [0.717, 1.165) is 89.9 Å². The number of hydrogen-bond acceptors (Lipinski definition) is 6. The van der Waals surface area contributed by atoms with Crippen molar-refractivity contribution in [2.75, 3.05) is 41.0 Å². The molecule has 1 N–H and O–H groups in total. The van der Waals surface area contributed by atoms with Gasteiger partial charge < -0.3 is 23.8 Å². The minimum Gasteiger partial charge on any atom is -0.477 e. The highest BCUT2D eigenvalue weighted by molar-refractivity contribution is 5.72. The number of carboxylic acids is 1. The van der Waals surface area contributed by atoms with E-state index in [9.17, 15) is 19.5 Å². The Bertz CT molecular complexity index is 1370. The Kier molecular flexibility index (Phi) is 37.6. The molecule has 0 aromatic rings. The maximum absolute atomic E-state index is 12.7. The Morgan fingerprint density at radius 1 is 0.508 bits per heavy atom. The number of allylic oxidation sites excluding steroid dienone is 20. The Morgan fingerprint density at radius 3 is 1.36 bits per heavy atom. The molecule has 0 heterocycles. The largest absolute Gasteiger partial charge is 0.477 e. The van der Waals surface area contributed by atoms with Crippen LogP contribution in [0.5, 0.6) is 0 Å². The molecule has 0 aromatic heterocycles. The minimum atomic E-state index is -0.897. The van der Waals surface area contributed by atoms with Gasteiger partial charge in [-0.3, -0.25) is 9.59 Å². The van der Waals surface area contributed by atoms with Crippen molar-refractivity contribution >= 4 is 17.9 Å². The Labute approximate surface area is 359 Å². The van der Waals surface area contributed by atoms with Gasteiger partial charge in [0.05, 0.1) is 34.4 Å². The quantitative estimate of drug-likeness (QED) is 0.0288. The monoisotopic (exact) mass is 819 g/mol. The summed E-state index contributed by atoms with van der Waals surface area (Å²) in [5.41, 5.74) is 0. The number of esters is 2. The number of carbonyl (C=O) groups is 3. The lowest BCUT2D eigenvalue weighted by Crippen LogP contribution is -2.50. The molecule has 59 heavy (non-hydrogen) atoms. The topological polar surface area (TPSA) is 99.1 Å². The lowest BCUT2D eigenvalue weighted by Gasteiger charge is -2.31. The van der Waals surface area contributed by atoms with Crippen molar-refractivity contribution in [3.8, 4) is 0 Å². The second-order valence-corrected chi connectivity index (χ2v) is 15.2. The predicted molar refractivity (Wildman–Crippen MR) is 247 cm³/mol. The van der Waals surface area contributed by atoms with E-state index in [1.807, 2.05) is 33.3 Å². The van der Waals surface area contributed by atoms with Crippen molar-refractivity contribution in [1.82, 2.24) is 0 Å². The summed E-state index contributed by atoms with van der Waals surface area (Å²) in [5.74, 6) is -1.64. The molecule has 2 atom stereocenters. The van der Waals surface area contributed by atoms with Crippen LogP contribution in [0.2, 0.25) is 0 Å². The van der Waals surface area contributed by atoms with Crippen LogP contribution in [-0.2, 0) is 28.6 Å². The third-order valence-corrected chi connectivity index (χ3v) is 8.87. The molecule has 0 bridgehead atoms. The number of carboxylic acid groups (broad SMARTS) is 1. The van der Waals surface area contributed by atoms with Crippen LogP contribution in [0.15, 0.2) is 122 Å². The zero-order valence-electron chi connectivity index (χ0n) is 37.4. The first-order chi connectivity index (χ1) is 28.6. The molecule has 0 spiro atoms. The highest BCUT2D eigenvalue weighted by Crippen LogP contribution is 2.11. The van der Waals surface area contributed by atoms with Gasteiger partial charge in [0.2, 0.25) is 0 Å². The minimum absolute atomic E-state index is 0.0112. The third kappa shape index (κ3) is 39.0. The van der Waals surface area contributed by atoms with Crippen LogP contribution in [0.25, 0.3) is 0 Å². The van der Waals surface area contributed by atoms with Crippen LogP contribution in [0.3, 0.4) is 0 Å². The number of aliphatic carboxylic acids is 1. The fourth-order valence-electron chi connectivity index (χ4n) is 5.52. The van der Waals surface area contributed by atoms with Gasteiger partial charge in [-0.25, -0.2) is 4.79 Å². The first-order valence-electron chi connectivity index (χ1n) is 22.1. The zero-order chi connectivity index (χ0) is 43.5. The maximum Gasteiger partial charge on any atom is 0.362 e. The van der Waals surface area contributed by atoms with E-state index in [1.165, 1.54) is 0 Å². The van der Waals surface area contributed by atoms with E-state index < -0.39 is 24.1 Å². The van der Waals surface area contributed by atoms with E-state index in [4.69, 9.17) is 14.2 Å². The van der Waals surface area contributed by atoms with Gasteiger partial charge in [-0.2, -0.15) is 0 Å². The molecule has 8 nitrogen and oxygen atoms in total. The van der Waals surface area contributed by atoms with Gasteiger partial charge in [-0.15, -0.1) is 0 Å². The van der Waals surface area contributed by atoms with Crippen molar-refractivity contribution < 1.29 is 38.2 Å². The van der Waals surface area contributed by atoms with Crippen LogP contribution >= 0.6 is 0 Å². The highest BCUT2D eigenvalue weighted by atomic mass is 16.6. The average molecular weight is 819 g/mol. The molecule has 0 rings (SSSR count). The van der Waals surface area contributed by atoms with Crippen molar-refractivity contribution in [1.29, 1.82) is 0 Å². The van der Waals surface area contributed by atoms with E-state index in [-0.39, 0.29) is 36.7 Å². The Morgan fingerprint density at radius 2 is 0.932 bits per heavy atom. The van der Waals surface area contributed by atoms with Crippen molar-refractivity contribution in [2.45, 2.75) is 142 Å². The number of rotatable bonds is 37. The van der Waals surface area contributed by atoms with Gasteiger partial charge >= 0.3 is 17.9 Å². The molecule has 8 heteroatoms. The highest BCUT2D eigenvalue weighted by Gasteiger charge is 2.31. The number of likely N-dealkylation sites (N-methyl/N-ethyl adjacent to an activating group) is 1. The van der Waals surface area contributed by atoms with Crippen LogP contribution in [-0.4, -0.2) is 80.6 Å². The number of quaternary nitrogens is 1. The van der Waals surface area contributed by atoms with E-state index >= 15 is 0 Å². The fourth-order valence-corrected chi connectivity index (χ4v) is 5.52. The number of hydrogen-bond donors (Lipinski definition) is 1. The standard InChI is InChI=1S/C51H79NO7/c1-6-8-10-12-14-16-18-20-22-24-25-26-28-30-32-34-36-38-40-42-50(54)59-47(45-57-44-43-48(51(55)56)52(3,4)5)46-58-49(53)41-39-37-35-33-31-29-27-23-21-19-17-15-13-11-9-7-2/h8-11,14-17,20-23,25-26,29-32,36,38,47-48H,6-7,12-13,18-19,24,27-28,33-35,37,39-46H2,1-5H3/p+1/b10-8+,11-9+,16-14+,17-15+,22-20+,23-21+,26-25+,31-29+,32-30+,38-36+. The molecule has 0 aromatic carbocycles. The van der Waals surface area contributed by atoms with E-state index in [1.54, 1.807) is 0 Å². The van der Waals surface area contributed by atoms with Gasteiger partial charge in [0, 0.05) is 19.3 Å². The molecule has 0 aliphatic heterocycles. The predicted octanol–water partition coefficient (Wildman–Crippen LogP) is 12.2. The lowest BCUT2D eigenvalue weighted by molar-refractivity contribution is -0.887. The third-order valence-electron chi connectivity index (χ3n) is 8.87. The smallest absolute Gasteiger partial charge is 0.362 e. The molecule has 0 aliphatic rings. The molecular formula is C51H80NO7+. The summed E-state index contributed by atoms with van der Waals surface area (Å²) in [5, 5.41) is 9.62. The molecule has 0 aliphatic carbocycles. The van der Waals surface area contributed by atoms with E-state index in [0.29, 0.717) is 19.3 Å². The van der Waals surface area contributed by atoms with Gasteiger partial charge in [0.1, 0.15) is 6.61 Å². The van der Waals surface area contributed by atoms with Gasteiger partial charge in [-0.1, -0.05) is 142 Å². The molecule has 0 amide bonds. The summed E-state index contributed by atoms with van der Waals surface area (Å²) in [6.45, 7) is 4.36. The summed E-state index contributed by atoms with van der Waals surface area (Å²) in [6.07, 6.45) is 56.9. The lowest BCUT2D eigenvalue weighted by atomic mass is 10.1. The SMILES string of the molecule is CC/C=C/C/C=C/C/C=C/C/C=C/C/C=C/C/C=C/CCC(=O)OC(COCCC(C(=O)O)[N+](C)(C)C)COC(=O)CCCCC/C=C/C/C=C/C/C=C/C/C=C/CC. The summed E-state index contributed by atoms with van der Waals surface area (Å²) >= 11 is 0. The molecule has 0 radical (unpaired) electrons. The molecule has 0 saturated carbocycles. The number of ether oxygens (including phenoxy) is 3. The fraction of sp³-hybridized carbons (Fsp3) is 0.549. The summed E-state index contributed by atoms with van der Waals surface area (Å²) in [6, 6.07) is -0.641. The molecule has 330 valence electrons. The normalized spacial score (nSPS) is 14.1. The number of carbonyl (C=O) groups excluding carboxylic acids is 2. The van der Waals surface area contributed by atoms with Crippen LogP contribution in [0.1, 0.15) is 129 Å². The van der Waals surface area contributed by atoms with Crippen LogP contribution in [0.4, 0.5) is 0 Å². The first-order valence-corrected chi connectivity index (χ1v) is 22.1. The number of unbranched alkanes of at least 4 members (excludes halogenated alkanes) is 3.